The van der Waals surface area contributed by atoms with Crippen LogP contribution >= 0.6 is 0 Å². The summed E-state index contributed by atoms with van der Waals surface area (Å²) < 4.78 is 19.7. The van der Waals surface area contributed by atoms with Gasteiger partial charge in [0.25, 0.3) is 5.91 Å². The van der Waals surface area contributed by atoms with Crippen molar-refractivity contribution in [3.63, 3.8) is 0 Å². The van der Waals surface area contributed by atoms with Crippen molar-refractivity contribution in [2.45, 2.75) is 45.4 Å². The molecule has 126 valence electrons. The van der Waals surface area contributed by atoms with Gasteiger partial charge in [0.05, 0.1) is 0 Å². The van der Waals surface area contributed by atoms with E-state index < -0.39 is 6.10 Å². The normalized spacial score (nSPS) is 15.0. The molecule has 1 aliphatic carbocycles. The highest BCUT2D eigenvalue weighted by Crippen LogP contribution is 2.30. The minimum absolute atomic E-state index is 0.0951. The molecule has 0 spiro atoms. The van der Waals surface area contributed by atoms with Gasteiger partial charge in [-0.15, -0.1) is 0 Å². The van der Waals surface area contributed by atoms with Gasteiger partial charge in [0, 0.05) is 18.2 Å². The number of aryl methyl sites for hydroxylation is 1. The Morgan fingerprint density at radius 1 is 1.25 bits per heavy atom. The summed E-state index contributed by atoms with van der Waals surface area (Å²) in [6, 6.07) is 14.4. The maximum absolute atomic E-state index is 13.9. The number of amides is 1. The van der Waals surface area contributed by atoms with Crippen molar-refractivity contribution in [2.24, 2.45) is 0 Å². The molecule has 0 bridgehead atoms. The van der Waals surface area contributed by atoms with Crippen LogP contribution < -0.4 is 4.74 Å². The summed E-state index contributed by atoms with van der Waals surface area (Å²) in [5, 5.41) is 0. The topological polar surface area (TPSA) is 29.5 Å². The molecule has 3 nitrogen and oxygen atoms in total. The predicted molar refractivity (Wildman–Crippen MR) is 91.2 cm³/mol. The second kappa shape index (κ2) is 7.04. The van der Waals surface area contributed by atoms with Crippen LogP contribution in [-0.4, -0.2) is 23.0 Å². The van der Waals surface area contributed by atoms with E-state index in [9.17, 15) is 9.18 Å². The van der Waals surface area contributed by atoms with E-state index in [1.54, 1.807) is 30.0 Å². The fraction of sp³-hybridized carbons (Fsp3) is 0.350. The van der Waals surface area contributed by atoms with Gasteiger partial charge in [0.1, 0.15) is 11.6 Å². The van der Waals surface area contributed by atoms with Crippen molar-refractivity contribution in [1.29, 1.82) is 0 Å². The SMILES string of the molecule is Cc1cccc(OC(C)C(=O)N(Cc2ccccc2F)C2CC2)c1. The lowest BCUT2D eigenvalue weighted by Gasteiger charge is -2.26. The zero-order chi connectivity index (χ0) is 17.1. The molecule has 24 heavy (non-hydrogen) atoms. The fourth-order valence-corrected chi connectivity index (χ4v) is 2.76. The molecular formula is C20H22FNO2. The molecule has 0 aliphatic heterocycles. The molecule has 0 heterocycles. The lowest BCUT2D eigenvalue weighted by Crippen LogP contribution is -2.41. The van der Waals surface area contributed by atoms with E-state index in [4.69, 9.17) is 4.74 Å². The Bertz CT molecular complexity index is 727. The number of rotatable bonds is 6. The highest BCUT2D eigenvalue weighted by molar-refractivity contribution is 5.81. The molecule has 0 radical (unpaired) electrons. The molecule has 2 aromatic carbocycles. The number of carbonyl (C=O) groups excluding carboxylic acids is 1. The van der Waals surface area contributed by atoms with Crippen LogP contribution in [-0.2, 0) is 11.3 Å². The van der Waals surface area contributed by atoms with E-state index >= 15 is 0 Å². The Hall–Kier alpha value is -2.36. The Balaban J connectivity index is 1.71. The van der Waals surface area contributed by atoms with E-state index in [0.29, 0.717) is 11.3 Å². The van der Waals surface area contributed by atoms with Crippen LogP contribution in [0.1, 0.15) is 30.9 Å². The van der Waals surface area contributed by atoms with E-state index in [1.807, 2.05) is 31.2 Å². The molecule has 3 rings (SSSR count). The zero-order valence-electron chi connectivity index (χ0n) is 14.0. The van der Waals surface area contributed by atoms with Crippen LogP contribution in [0, 0.1) is 12.7 Å². The second-order valence-electron chi connectivity index (χ2n) is 6.37. The van der Waals surface area contributed by atoms with Gasteiger partial charge in [0.2, 0.25) is 0 Å². The third-order valence-electron chi connectivity index (χ3n) is 4.22. The van der Waals surface area contributed by atoms with E-state index in [-0.39, 0.29) is 24.3 Å². The lowest BCUT2D eigenvalue weighted by atomic mass is 10.2. The predicted octanol–water partition coefficient (Wildman–Crippen LogP) is 4.09. The van der Waals surface area contributed by atoms with E-state index in [1.165, 1.54) is 6.07 Å². The average Bonchev–Trinajstić information content (AvgIpc) is 3.38. The number of halogens is 1. The number of hydrogen-bond donors (Lipinski definition) is 0. The van der Waals surface area contributed by atoms with Crippen LogP contribution in [0.3, 0.4) is 0 Å². The van der Waals surface area contributed by atoms with Crippen molar-refractivity contribution < 1.29 is 13.9 Å². The molecule has 1 unspecified atom stereocenters. The largest absolute Gasteiger partial charge is 0.481 e. The minimum atomic E-state index is -0.598. The monoisotopic (exact) mass is 327 g/mol. The molecule has 1 atom stereocenters. The third-order valence-corrected chi connectivity index (χ3v) is 4.22. The first-order valence-corrected chi connectivity index (χ1v) is 8.32. The van der Waals surface area contributed by atoms with Crippen LogP contribution in [0.2, 0.25) is 0 Å². The van der Waals surface area contributed by atoms with E-state index in [2.05, 4.69) is 0 Å². The first-order valence-electron chi connectivity index (χ1n) is 8.32. The number of hydrogen-bond acceptors (Lipinski definition) is 2. The van der Waals surface area contributed by atoms with Crippen LogP contribution in [0.25, 0.3) is 0 Å². The first kappa shape index (κ1) is 16.5. The van der Waals surface area contributed by atoms with Gasteiger partial charge in [-0.25, -0.2) is 4.39 Å². The van der Waals surface area contributed by atoms with E-state index in [0.717, 1.165) is 18.4 Å². The summed E-state index contributed by atoms with van der Waals surface area (Å²) in [4.78, 5) is 14.6. The van der Waals surface area contributed by atoms with Gasteiger partial charge in [-0.05, 0) is 50.5 Å². The van der Waals surface area contributed by atoms with Gasteiger partial charge in [-0.1, -0.05) is 30.3 Å². The average molecular weight is 327 g/mol. The summed E-state index contributed by atoms with van der Waals surface area (Å²) in [5.74, 6) is 0.308. The Kier molecular flexibility index (Phi) is 4.84. The smallest absolute Gasteiger partial charge is 0.263 e. The van der Waals surface area contributed by atoms with Gasteiger partial charge in [-0.3, -0.25) is 4.79 Å². The maximum Gasteiger partial charge on any atom is 0.263 e. The zero-order valence-corrected chi connectivity index (χ0v) is 14.0. The highest BCUT2D eigenvalue weighted by Gasteiger charge is 2.35. The number of nitrogens with zero attached hydrogens (tertiary/aromatic N) is 1. The number of benzene rings is 2. The molecule has 1 amide bonds. The highest BCUT2D eigenvalue weighted by atomic mass is 19.1. The Morgan fingerprint density at radius 2 is 2.00 bits per heavy atom. The second-order valence-corrected chi connectivity index (χ2v) is 6.37. The molecule has 0 N–H and O–H groups in total. The third kappa shape index (κ3) is 3.94. The molecule has 1 aliphatic rings. The van der Waals surface area contributed by atoms with Crippen LogP contribution in [0.15, 0.2) is 48.5 Å². The molecule has 2 aromatic rings. The standard InChI is InChI=1S/C20H22FNO2/c1-14-6-5-8-18(12-14)24-15(2)20(23)22(17-10-11-17)13-16-7-3-4-9-19(16)21/h3-9,12,15,17H,10-11,13H2,1-2H3. The van der Waals surface area contributed by atoms with Crippen molar-refractivity contribution in [3.8, 4) is 5.75 Å². The molecule has 0 saturated heterocycles. The van der Waals surface area contributed by atoms with Crippen molar-refractivity contribution in [2.75, 3.05) is 0 Å². The number of carbonyl (C=O) groups is 1. The fourth-order valence-electron chi connectivity index (χ4n) is 2.76. The minimum Gasteiger partial charge on any atom is -0.481 e. The molecule has 4 heteroatoms. The van der Waals surface area contributed by atoms with Crippen molar-refractivity contribution in [3.05, 3.63) is 65.5 Å². The molecule has 1 fully saturated rings. The van der Waals surface area contributed by atoms with Gasteiger partial charge in [0.15, 0.2) is 6.10 Å². The quantitative estimate of drug-likeness (QED) is 0.800. The summed E-state index contributed by atoms with van der Waals surface area (Å²) >= 11 is 0. The maximum atomic E-state index is 13.9. The van der Waals surface area contributed by atoms with Crippen molar-refractivity contribution >= 4 is 5.91 Å². The summed E-state index contributed by atoms with van der Waals surface area (Å²) in [6.45, 7) is 4.02. The summed E-state index contributed by atoms with van der Waals surface area (Å²) in [5.41, 5.74) is 1.62. The van der Waals surface area contributed by atoms with Crippen LogP contribution in [0.5, 0.6) is 5.75 Å². The van der Waals surface area contributed by atoms with Crippen LogP contribution in [0.4, 0.5) is 4.39 Å². The van der Waals surface area contributed by atoms with Crippen molar-refractivity contribution in [1.82, 2.24) is 4.90 Å². The first-order chi connectivity index (χ1) is 11.5. The van der Waals surface area contributed by atoms with Gasteiger partial charge < -0.3 is 9.64 Å². The molecule has 1 saturated carbocycles. The lowest BCUT2D eigenvalue weighted by molar-refractivity contribution is -0.139. The summed E-state index contributed by atoms with van der Waals surface area (Å²) in [6.07, 6.45) is 1.34. The Morgan fingerprint density at radius 3 is 2.67 bits per heavy atom. The molecule has 0 aromatic heterocycles. The Labute approximate surface area is 142 Å². The summed E-state index contributed by atoms with van der Waals surface area (Å²) in [7, 11) is 0. The van der Waals surface area contributed by atoms with Gasteiger partial charge in [-0.2, -0.15) is 0 Å². The van der Waals surface area contributed by atoms with Gasteiger partial charge >= 0.3 is 0 Å². The molecular weight excluding hydrogens is 305 g/mol. The number of ether oxygens (including phenoxy) is 1.